The van der Waals surface area contributed by atoms with Gasteiger partial charge in [-0.05, 0) is 63.1 Å². The van der Waals surface area contributed by atoms with Gasteiger partial charge in [0.25, 0.3) is 5.91 Å². The van der Waals surface area contributed by atoms with Crippen LogP contribution in [0, 0.1) is 11.8 Å². The van der Waals surface area contributed by atoms with Crippen molar-refractivity contribution in [3.63, 3.8) is 0 Å². The minimum atomic E-state index is -1.06. The lowest BCUT2D eigenvalue weighted by molar-refractivity contribution is -0.184. The Morgan fingerprint density at radius 3 is 2.85 bits per heavy atom. The van der Waals surface area contributed by atoms with Crippen molar-refractivity contribution in [2.75, 3.05) is 19.7 Å². The zero-order valence-electron chi connectivity index (χ0n) is 19.2. The molecule has 0 bridgehead atoms. The number of hydrogen-bond acceptors (Lipinski definition) is 5. The van der Waals surface area contributed by atoms with Gasteiger partial charge in [0.05, 0.1) is 12.2 Å². The number of carbonyl (C=O) groups excluding carboxylic acids is 1. The number of carboxylic acids is 1. The third kappa shape index (κ3) is 4.34. The number of carboxylic acid groups (broad SMARTS) is 1. The molecule has 1 amide bonds. The highest BCUT2D eigenvalue weighted by atomic mass is 35.5. The van der Waals surface area contributed by atoms with Crippen LogP contribution in [0.3, 0.4) is 0 Å². The zero-order chi connectivity index (χ0) is 24.0. The summed E-state index contributed by atoms with van der Waals surface area (Å²) in [4.78, 5) is 25.9. The first kappa shape index (κ1) is 23.0. The van der Waals surface area contributed by atoms with Crippen LogP contribution < -0.4 is 9.47 Å². The quantitative estimate of drug-likeness (QED) is 0.682. The number of amides is 1. The number of ether oxygens (including phenoxy) is 3. The van der Waals surface area contributed by atoms with Gasteiger partial charge in [-0.2, -0.15) is 0 Å². The Hall–Kier alpha value is -2.77. The molecule has 0 aliphatic carbocycles. The van der Waals surface area contributed by atoms with Crippen LogP contribution in [0.25, 0.3) is 0 Å². The first-order valence-corrected chi connectivity index (χ1v) is 12.0. The van der Waals surface area contributed by atoms with E-state index in [9.17, 15) is 9.59 Å². The fraction of sp³-hybridized carbons (Fsp3) is 0.462. The molecular weight excluding hydrogens is 458 g/mol. The number of halogens is 1. The van der Waals surface area contributed by atoms with E-state index in [-0.39, 0.29) is 30.0 Å². The second-order valence-corrected chi connectivity index (χ2v) is 10.3. The maximum absolute atomic E-state index is 13.2. The fourth-order valence-electron chi connectivity index (χ4n) is 5.51. The summed E-state index contributed by atoms with van der Waals surface area (Å²) in [5.74, 6) is 0.389. The molecule has 1 N–H and O–H groups in total. The van der Waals surface area contributed by atoms with Gasteiger partial charge in [0.2, 0.25) is 0 Å². The number of nitrogens with zero attached hydrogens (tertiary/aromatic N) is 1. The second kappa shape index (κ2) is 8.78. The van der Waals surface area contributed by atoms with Crippen LogP contribution in [0.2, 0.25) is 5.02 Å². The van der Waals surface area contributed by atoms with Crippen LogP contribution in [0.15, 0.2) is 42.5 Å². The number of rotatable bonds is 4. The average molecular weight is 486 g/mol. The van der Waals surface area contributed by atoms with Crippen molar-refractivity contribution in [1.82, 2.24) is 4.90 Å². The minimum Gasteiger partial charge on any atom is -0.487 e. The number of piperidine rings is 1. The van der Waals surface area contributed by atoms with Gasteiger partial charge in [-0.25, -0.2) is 4.79 Å². The van der Waals surface area contributed by atoms with E-state index in [4.69, 9.17) is 30.9 Å². The second-order valence-electron chi connectivity index (χ2n) is 9.84. The molecule has 0 radical (unpaired) electrons. The molecule has 180 valence electrons. The van der Waals surface area contributed by atoms with E-state index in [1.165, 1.54) is 0 Å². The molecule has 3 aliphatic rings. The van der Waals surface area contributed by atoms with Crippen molar-refractivity contribution in [3.8, 4) is 11.5 Å². The summed E-state index contributed by atoms with van der Waals surface area (Å²) in [6.45, 7) is 4.95. The van der Waals surface area contributed by atoms with Crippen molar-refractivity contribution in [3.05, 3.63) is 58.6 Å². The summed E-state index contributed by atoms with van der Waals surface area (Å²) >= 11 is 6.28. The largest absolute Gasteiger partial charge is 0.487 e. The first-order valence-electron chi connectivity index (χ1n) is 11.6. The number of benzene rings is 2. The predicted octanol–water partition coefficient (Wildman–Crippen LogP) is 4.58. The van der Waals surface area contributed by atoms with Crippen LogP contribution in [-0.2, 0) is 9.53 Å². The Balaban J connectivity index is 1.32. The van der Waals surface area contributed by atoms with Gasteiger partial charge in [-0.3, -0.25) is 4.79 Å². The number of carbonyl (C=O) groups is 2. The SMILES string of the molecule is CC1(C)Oc2ccc(Cl)cc2[C@@H]2O[C@@H]3CCN(C(=O)c4cccc(OCC(=O)O)c4)C[C@H]3C[C@H]21. The van der Waals surface area contributed by atoms with E-state index in [2.05, 4.69) is 13.8 Å². The first-order chi connectivity index (χ1) is 16.2. The Labute approximate surface area is 203 Å². The zero-order valence-corrected chi connectivity index (χ0v) is 20.0. The molecule has 3 aliphatic heterocycles. The Kier molecular flexibility index (Phi) is 5.94. The molecule has 0 unspecified atom stereocenters. The number of likely N-dealkylation sites (tertiary alicyclic amines) is 1. The summed E-state index contributed by atoms with van der Waals surface area (Å²) < 4.78 is 18.2. The van der Waals surface area contributed by atoms with Crippen molar-refractivity contribution >= 4 is 23.5 Å². The summed E-state index contributed by atoms with van der Waals surface area (Å²) in [5, 5.41) is 9.49. The molecule has 0 saturated carbocycles. The highest BCUT2D eigenvalue weighted by molar-refractivity contribution is 6.30. The van der Waals surface area contributed by atoms with E-state index < -0.39 is 18.2 Å². The van der Waals surface area contributed by atoms with Gasteiger partial charge in [-0.1, -0.05) is 17.7 Å². The topological polar surface area (TPSA) is 85.3 Å². The van der Waals surface area contributed by atoms with Crippen LogP contribution in [0.5, 0.6) is 11.5 Å². The summed E-state index contributed by atoms with van der Waals surface area (Å²) in [6.07, 6.45) is 1.63. The van der Waals surface area contributed by atoms with Crippen LogP contribution in [0.4, 0.5) is 0 Å². The van der Waals surface area contributed by atoms with Crippen LogP contribution >= 0.6 is 11.6 Å². The van der Waals surface area contributed by atoms with Gasteiger partial charge in [-0.15, -0.1) is 0 Å². The molecule has 7 nitrogen and oxygen atoms in total. The minimum absolute atomic E-state index is 0.0660. The van der Waals surface area contributed by atoms with E-state index in [0.29, 0.717) is 29.4 Å². The molecule has 34 heavy (non-hydrogen) atoms. The Morgan fingerprint density at radius 2 is 2.06 bits per heavy atom. The van der Waals surface area contributed by atoms with Crippen LogP contribution in [0.1, 0.15) is 48.7 Å². The average Bonchev–Trinajstić information content (AvgIpc) is 2.81. The monoisotopic (exact) mass is 485 g/mol. The van der Waals surface area contributed by atoms with Crippen molar-refractivity contribution < 1.29 is 28.9 Å². The molecule has 5 rings (SSSR count). The molecule has 0 spiro atoms. The van der Waals surface area contributed by atoms with Crippen molar-refractivity contribution in [2.24, 2.45) is 11.8 Å². The van der Waals surface area contributed by atoms with E-state index in [1.807, 2.05) is 23.1 Å². The smallest absolute Gasteiger partial charge is 0.341 e. The molecule has 4 atom stereocenters. The van der Waals surface area contributed by atoms with Gasteiger partial charge in [0.1, 0.15) is 17.1 Å². The molecule has 2 fully saturated rings. The molecule has 2 aromatic carbocycles. The molecule has 3 heterocycles. The van der Waals surface area contributed by atoms with Gasteiger partial charge < -0.3 is 24.2 Å². The highest BCUT2D eigenvalue weighted by Crippen LogP contribution is 2.53. The Bertz CT molecular complexity index is 1120. The van der Waals surface area contributed by atoms with Gasteiger partial charge >= 0.3 is 5.97 Å². The van der Waals surface area contributed by atoms with E-state index in [1.54, 1.807) is 24.3 Å². The maximum Gasteiger partial charge on any atom is 0.341 e. The normalized spacial score (nSPS) is 27.0. The predicted molar refractivity (Wildman–Crippen MR) is 125 cm³/mol. The molecular formula is C26H28ClNO6. The lowest BCUT2D eigenvalue weighted by Gasteiger charge is -2.53. The number of fused-ring (bicyclic) bond motifs is 4. The third-order valence-corrected chi connectivity index (χ3v) is 7.42. The molecule has 2 saturated heterocycles. The van der Waals surface area contributed by atoms with Crippen molar-refractivity contribution in [1.29, 1.82) is 0 Å². The lowest BCUT2D eigenvalue weighted by Crippen LogP contribution is -2.56. The van der Waals surface area contributed by atoms with Crippen LogP contribution in [-0.4, -0.2) is 53.3 Å². The number of hydrogen-bond donors (Lipinski definition) is 1. The van der Waals surface area contributed by atoms with Gasteiger partial charge in [0, 0.05) is 41.1 Å². The molecule has 2 aromatic rings. The molecule has 8 heteroatoms. The maximum atomic E-state index is 13.2. The standard InChI is InChI=1S/C26H28ClNO6/c1-26(2)20-11-16-13-28(25(31)15-4-3-5-18(10-15)32-14-23(29)30)9-8-21(16)33-24(20)19-12-17(27)6-7-22(19)34-26/h3-7,10,12,16,20-21,24H,8-9,11,13-14H2,1-2H3,(H,29,30)/t16-,20-,21-,24+/m1/s1. The van der Waals surface area contributed by atoms with E-state index in [0.717, 1.165) is 24.2 Å². The third-order valence-electron chi connectivity index (χ3n) is 7.18. The van der Waals surface area contributed by atoms with E-state index >= 15 is 0 Å². The number of aliphatic carboxylic acids is 1. The fourth-order valence-corrected chi connectivity index (χ4v) is 5.69. The lowest BCUT2D eigenvalue weighted by atomic mass is 9.70. The summed E-state index contributed by atoms with van der Waals surface area (Å²) in [5.41, 5.74) is 1.09. The van der Waals surface area contributed by atoms with Gasteiger partial charge in [0.15, 0.2) is 6.61 Å². The summed E-state index contributed by atoms with van der Waals surface area (Å²) in [6, 6.07) is 12.4. The molecule has 0 aromatic heterocycles. The van der Waals surface area contributed by atoms with Crippen molar-refractivity contribution in [2.45, 2.75) is 44.5 Å². The summed E-state index contributed by atoms with van der Waals surface area (Å²) in [7, 11) is 0. The highest BCUT2D eigenvalue weighted by Gasteiger charge is 2.51. The Morgan fingerprint density at radius 1 is 1.24 bits per heavy atom.